The molecule has 4 aliphatic carbocycles. The first-order valence-corrected chi connectivity index (χ1v) is 11.1. The minimum atomic E-state index is -0.319. The third-order valence-corrected chi connectivity index (χ3v) is 7.97. The van der Waals surface area contributed by atoms with E-state index in [-0.39, 0.29) is 41.4 Å². The summed E-state index contributed by atoms with van der Waals surface area (Å²) in [5, 5.41) is 3.52. The molecule has 6 atom stereocenters. The van der Waals surface area contributed by atoms with Crippen molar-refractivity contribution in [3.8, 4) is 0 Å². The van der Waals surface area contributed by atoms with Gasteiger partial charge in [-0.3, -0.25) is 19.3 Å². The molecular weight excluding hydrogens is 435 g/mol. The van der Waals surface area contributed by atoms with Gasteiger partial charge in [0.05, 0.1) is 27.6 Å². The highest BCUT2D eigenvalue weighted by atomic mass is 35.5. The van der Waals surface area contributed by atoms with E-state index in [4.69, 9.17) is 23.2 Å². The average Bonchev–Trinajstić information content (AvgIpc) is 3.54. The standard InChI is InChI=1S/C24H18Cl2N2O3/c25-18-8-3-12(9-19(18)26)27-22(29)11-1-4-13(5-2-11)28-23(30)20-14-6-7-15(17-10-16(14)17)21(20)24(28)31/h1-9,14-17,20-21H,10H2,(H,27,29)/t14-,15-,16-,17-,20-,21+/m1/s1. The Morgan fingerprint density at radius 3 is 2.06 bits per heavy atom. The van der Waals surface area contributed by atoms with Gasteiger partial charge in [-0.15, -0.1) is 0 Å². The van der Waals surface area contributed by atoms with Crippen LogP contribution in [-0.2, 0) is 9.59 Å². The van der Waals surface area contributed by atoms with E-state index in [1.54, 1.807) is 42.5 Å². The number of anilines is 2. The van der Waals surface area contributed by atoms with Crippen molar-refractivity contribution in [1.29, 1.82) is 0 Å². The maximum absolute atomic E-state index is 13.2. The van der Waals surface area contributed by atoms with Crippen LogP contribution in [0.4, 0.5) is 11.4 Å². The van der Waals surface area contributed by atoms with Crippen molar-refractivity contribution < 1.29 is 14.4 Å². The van der Waals surface area contributed by atoms with Crippen molar-refractivity contribution in [2.24, 2.45) is 35.5 Å². The van der Waals surface area contributed by atoms with Gasteiger partial charge >= 0.3 is 0 Å². The normalized spacial score (nSPS) is 32.1. The second-order valence-electron chi connectivity index (χ2n) is 8.80. The molecule has 5 nitrogen and oxygen atoms in total. The minimum absolute atomic E-state index is 0.104. The van der Waals surface area contributed by atoms with Crippen LogP contribution in [0.25, 0.3) is 0 Å². The lowest BCUT2D eigenvalue weighted by molar-refractivity contribution is -0.124. The SMILES string of the molecule is O=C(Nc1ccc(Cl)c(Cl)c1)c1ccc(N2C(=O)[C@@H]3[C@@H]4C=C[C@H]([C@H]5C[C@H]45)[C@@H]3C2=O)cc1. The van der Waals surface area contributed by atoms with Crippen LogP contribution in [0.5, 0.6) is 0 Å². The van der Waals surface area contributed by atoms with Crippen LogP contribution in [-0.4, -0.2) is 17.7 Å². The summed E-state index contributed by atoms with van der Waals surface area (Å²) in [6, 6.07) is 11.4. The monoisotopic (exact) mass is 452 g/mol. The fourth-order valence-corrected chi connectivity index (χ4v) is 6.05. The Kier molecular flexibility index (Phi) is 4.11. The van der Waals surface area contributed by atoms with E-state index in [0.29, 0.717) is 38.8 Å². The number of carbonyl (C=O) groups is 3. The highest BCUT2D eigenvalue weighted by Crippen LogP contribution is 2.65. The lowest BCUT2D eigenvalue weighted by atomic mass is 9.63. The number of allylic oxidation sites excluding steroid dienone is 2. The molecule has 2 saturated carbocycles. The van der Waals surface area contributed by atoms with Gasteiger partial charge in [0.2, 0.25) is 11.8 Å². The Morgan fingerprint density at radius 2 is 1.48 bits per heavy atom. The Labute approximate surface area is 189 Å². The van der Waals surface area contributed by atoms with E-state index in [1.165, 1.54) is 4.90 Å². The van der Waals surface area contributed by atoms with Gasteiger partial charge < -0.3 is 5.32 Å². The molecule has 1 saturated heterocycles. The third-order valence-electron chi connectivity index (χ3n) is 7.23. The van der Waals surface area contributed by atoms with Crippen LogP contribution in [0.3, 0.4) is 0 Å². The molecule has 0 radical (unpaired) electrons. The topological polar surface area (TPSA) is 66.5 Å². The first kappa shape index (κ1) is 19.1. The molecule has 0 spiro atoms. The lowest BCUT2D eigenvalue weighted by Crippen LogP contribution is -2.40. The molecule has 5 aliphatic rings. The number of nitrogens with zero attached hydrogens (tertiary/aromatic N) is 1. The predicted octanol–water partition coefficient (Wildman–Crippen LogP) is 4.80. The minimum Gasteiger partial charge on any atom is -0.322 e. The molecule has 7 heteroatoms. The molecular formula is C24H18Cl2N2O3. The van der Waals surface area contributed by atoms with Gasteiger partial charge in [0.1, 0.15) is 0 Å². The molecule has 1 N–H and O–H groups in total. The second kappa shape index (κ2) is 6.68. The van der Waals surface area contributed by atoms with Gasteiger partial charge in [-0.1, -0.05) is 35.4 Å². The Balaban J connectivity index is 1.22. The van der Waals surface area contributed by atoms with E-state index < -0.39 is 0 Å². The molecule has 3 amide bonds. The van der Waals surface area contributed by atoms with Crippen LogP contribution in [0.1, 0.15) is 16.8 Å². The highest BCUT2D eigenvalue weighted by Gasteiger charge is 2.67. The predicted molar refractivity (Wildman–Crippen MR) is 118 cm³/mol. The van der Waals surface area contributed by atoms with E-state index in [1.807, 2.05) is 0 Å². The summed E-state index contributed by atoms with van der Waals surface area (Å²) in [6.45, 7) is 0. The molecule has 1 heterocycles. The number of rotatable bonds is 3. The van der Waals surface area contributed by atoms with Crippen LogP contribution in [0.2, 0.25) is 10.0 Å². The van der Waals surface area contributed by atoms with E-state index in [9.17, 15) is 14.4 Å². The second-order valence-corrected chi connectivity index (χ2v) is 9.61. The zero-order chi connectivity index (χ0) is 21.4. The maximum Gasteiger partial charge on any atom is 0.255 e. The molecule has 31 heavy (non-hydrogen) atoms. The highest BCUT2D eigenvalue weighted by molar-refractivity contribution is 6.42. The van der Waals surface area contributed by atoms with Crippen LogP contribution in [0.15, 0.2) is 54.6 Å². The van der Waals surface area contributed by atoms with Gasteiger partial charge in [-0.25, -0.2) is 0 Å². The number of hydrogen-bond donors (Lipinski definition) is 1. The van der Waals surface area contributed by atoms with Gasteiger partial charge in [-0.05, 0) is 72.6 Å². The van der Waals surface area contributed by atoms with Gasteiger partial charge in [0, 0.05) is 11.3 Å². The third kappa shape index (κ3) is 2.80. The summed E-state index contributed by atoms with van der Waals surface area (Å²) >= 11 is 11.9. The van der Waals surface area contributed by atoms with Crippen molar-refractivity contribution in [3.05, 3.63) is 70.2 Å². The largest absolute Gasteiger partial charge is 0.322 e. The summed E-state index contributed by atoms with van der Waals surface area (Å²) < 4.78 is 0. The van der Waals surface area contributed by atoms with Crippen LogP contribution < -0.4 is 10.2 Å². The van der Waals surface area contributed by atoms with Crippen molar-refractivity contribution >= 4 is 52.3 Å². The van der Waals surface area contributed by atoms with Crippen molar-refractivity contribution in [1.82, 2.24) is 0 Å². The summed E-state index contributed by atoms with van der Waals surface area (Å²) in [5.41, 5.74) is 1.46. The van der Waals surface area contributed by atoms with E-state index in [0.717, 1.165) is 6.42 Å². The molecule has 2 aromatic rings. The zero-order valence-electron chi connectivity index (χ0n) is 16.3. The molecule has 0 aromatic heterocycles. The van der Waals surface area contributed by atoms with Crippen molar-refractivity contribution in [3.63, 3.8) is 0 Å². The van der Waals surface area contributed by atoms with Gasteiger partial charge in [0.25, 0.3) is 5.91 Å². The van der Waals surface area contributed by atoms with Crippen molar-refractivity contribution in [2.75, 3.05) is 10.2 Å². The summed E-state index contributed by atoms with van der Waals surface area (Å²) in [5.74, 6) is 0.532. The van der Waals surface area contributed by atoms with Gasteiger partial charge in [0.15, 0.2) is 0 Å². The summed E-state index contributed by atoms with van der Waals surface area (Å²) in [7, 11) is 0. The smallest absolute Gasteiger partial charge is 0.255 e. The average molecular weight is 453 g/mol. The number of hydrogen-bond acceptors (Lipinski definition) is 3. The molecule has 7 rings (SSSR count). The first-order chi connectivity index (χ1) is 14.9. The maximum atomic E-state index is 13.2. The van der Waals surface area contributed by atoms with E-state index >= 15 is 0 Å². The Bertz CT molecular complexity index is 1140. The quantitative estimate of drug-likeness (QED) is 0.536. The number of carbonyl (C=O) groups excluding carboxylic acids is 3. The molecule has 1 aliphatic heterocycles. The Morgan fingerprint density at radius 1 is 0.871 bits per heavy atom. The number of nitrogens with one attached hydrogen (secondary N) is 1. The Hall–Kier alpha value is -2.63. The molecule has 156 valence electrons. The molecule has 0 unspecified atom stereocenters. The molecule has 3 fully saturated rings. The fraction of sp³-hybridized carbons (Fsp3) is 0.292. The summed E-state index contributed by atoms with van der Waals surface area (Å²) in [6.07, 6.45) is 5.45. The fourth-order valence-electron chi connectivity index (χ4n) is 5.75. The van der Waals surface area contributed by atoms with Crippen LogP contribution >= 0.6 is 23.2 Å². The number of imide groups is 1. The summed E-state index contributed by atoms with van der Waals surface area (Å²) in [4.78, 5) is 40.3. The molecule has 2 aromatic carbocycles. The number of halogens is 2. The number of amides is 3. The lowest BCUT2D eigenvalue weighted by Gasteiger charge is -2.37. The number of benzene rings is 2. The van der Waals surface area contributed by atoms with Crippen molar-refractivity contribution in [2.45, 2.75) is 6.42 Å². The van der Waals surface area contributed by atoms with Gasteiger partial charge in [-0.2, -0.15) is 0 Å². The zero-order valence-corrected chi connectivity index (χ0v) is 17.8. The first-order valence-electron chi connectivity index (χ1n) is 10.4. The van der Waals surface area contributed by atoms with Crippen LogP contribution in [0, 0.1) is 35.5 Å². The van der Waals surface area contributed by atoms with E-state index in [2.05, 4.69) is 17.5 Å². The molecule has 2 bridgehead atoms.